The van der Waals surface area contributed by atoms with Crippen molar-refractivity contribution in [3.63, 3.8) is 0 Å². The molecule has 1 amide bonds. The summed E-state index contributed by atoms with van der Waals surface area (Å²) in [5.74, 6) is -6.84. The summed E-state index contributed by atoms with van der Waals surface area (Å²) in [4.78, 5) is 92.2. The van der Waals surface area contributed by atoms with E-state index < -0.39 is 118 Å². The zero-order valence-electron chi connectivity index (χ0n) is 37.0. The average molecular weight is 934 g/mol. The number of hydrogen-bond acceptors (Lipinski definition) is 15. The molecule has 2 bridgehead atoms. The molecule has 1 heterocycles. The van der Waals surface area contributed by atoms with Crippen LogP contribution in [0.1, 0.15) is 86.7 Å². The molecule has 4 aliphatic rings. The molecule has 3 aliphatic carbocycles. The number of ether oxygens (including phenoxy) is 5. The van der Waals surface area contributed by atoms with Crippen molar-refractivity contribution >= 4 is 52.6 Å². The predicted octanol–water partition coefficient (Wildman–Crippen LogP) is 4.64. The molecule has 0 radical (unpaired) electrons. The van der Waals surface area contributed by atoms with E-state index in [-0.39, 0.29) is 35.3 Å². The molecule has 3 aromatic carbocycles. The van der Waals surface area contributed by atoms with Gasteiger partial charge in [0.2, 0.25) is 0 Å². The number of carbonyl (C=O) groups excluding carboxylic acids is 6. The Bertz CT molecular complexity index is 2390. The zero-order valence-corrected chi connectivity index (χ0v) is 37.7. The van der Waals surface area contributed by atoms with Crippen LogP contribution in [0.2, 0.25) is 0 Å². The Morgan fingerprint density at radius 3 is 1.89 bits per heavy atom. The molecule has 7 rings (SSSR count). The summed E-state index contributed by atoms with van der Waals surface area (Å²) in [6, 6.07) is 22.9. The SMILES string of the molecule is CC(=O)O[C@H]1C(=O)[C@@]2(C)[C@H]([C@H](OC(=O)c3ccccc3)[C@]3(O)C[C@H](OC(=O)[C@H](O)[C@@H](NC(=O)c4ccccc4)c4ccccc4)C(C)=C1C3(C)C)[C@]1(OC(C)=O)CO[C@@H]1C[C@@H]2O.O=C(O)Cl. The molecule has 2 saturated carbocycles. The van der Waals surface area contributed by atoms with E-state index in [0.29, 0.717) is 5.56 Å². The van der Waals surface area contributed by atoms with Crippen molar-refractivity contribution in [1.29, 1.82) is 0 Å². The lowest BCUT2D eigenvalue weighted by Crippen LogP contribution is -2.82. The lowest BCUT2D eigenvalue weighted by molar-refractivity contribution is -0.346. The van der Waals surface area contributed by atoms with Crippen LogP contribution in [-0.4, -0.2) is 116 Å². The van der Waals surface area contributed by atoms with Crippen LogP contribution in [0.5, 0.6) is 0 Å². The lowest BCUT2D eigenvalue weighted by Gasteiger charge is -2.67. The van der Waals surface area contributed by atoms with Gasteiger partial charge in [0, 0.05) is 49.3 Å². The number of esters is 4. The minimum atomic E-state index is -2.39. The van der Waals surface area contributed by atoms with Crippen LogP contribution in [0, 0.1) is 16.7 Å². The predicted molar refractivity (Wildman–Crippen MR) is 232 cm³/mol. The standard InChI is InChI=1S/C47H51NO14.CHClO2/c1-25-31(60-43(56)36(52)35(28-16-10-7-11-17-28)48-41(54)29-18-12-8-13-19-29)23-47(57)40(61-42(55)30-20-14-9-15-21-30)38-45(6,32(51)22-33-46(38,24-58-33)62-27(3)50)39(53)37(59-26(2)49)34(25)44(47,4)5;2-1(3)4/h7-21,31-33,35-38,40,51-52,57H,22-24H2,1-6H3,(H,48,54);(H,3,4)/t31-,32-,33+,35-,36+,37+,38-,40-,45+,46-,47+;/m0./s1. The van der Waals surface area contributed by atoms with Gasteiger partial charge < -0.3 is 49.4 Å². The van der Waals surface area contributed by atoms with Crippen molar-refractivity contribution in [1.82, 2.24) is 5.32 Å². The van der Waals surface area contributed by atoms with E-state index in [4.69, 9.17) is 33.6 Å². The molecule has 1 saturated heterocycles. The molecule has 18 heteroatoms. The monoisotopic (exact) mass is 933 g/mol. The Labute approximate surface area is 385 Å². The molecule has 66 heavy (non-hydrogen) atoms. The average Bonchev–Trinajstić information content (AvgIpc) is 3.26. The Morgan fingerprint density at radius 1 is 0.833 bits per heavy atom. The number of fused-ring (bicyclic) bond motifs is 5. The van der Waals surface area contributed by atoms with E-state index in [1.54, 1.807) is 92.7 Å². The first-order valence-electron chi connectivity index (χ1n) is 21.1. The maximum absolute atomic E-state index is 15.5. The van der Waals surface area contributed by atoms with Gasteiger partial charge in [-0.25, -0.2) is 14.4 Å². The number of nitrogens with one attached hydrogen (secondary N) is 1. The topological polar surface area (TPSA) is 259 Å². The van der Waals surface area contributed by atoms with Crippen molar-refractivity contribution in [2.24, 2.45) is 16.7 Å². The number of carboxylic acid groups (broad SMARTS) is 1. The van der Waals surface area contributed by atoms with Crippen molar-refractivity contribution in [3.8, 4) is 0 Å². The number of Topliss-reactive ketones (excluding diaryl/α,β-unsaturated/α-hetero) is 1. The van der Waals surface area contributed by atoms with Crippen LogP contribution >= 0.6 is 11.6 Å². The second kappa shape index (κ2) is 19.1. The van der Waals surface area contributed by atoms with Crippen LogP contribution in [0.3, 0.4) is 0 Å². The number of hydrogen-bond donors (Lipinski definition) is 5. The van der Waals surface area contributed by atoms with Crippen molar-refractivity contribution < 1.29 is 77.7 Å². The van der Waals surface area contributed by atoms with Gasteiger partial charge in [0.1, 0.15) is 23.9 Å². The summed E-state index contributed by atoms with van der Waals surface area (Å²) in [7, 11) is 0. The quantitative estimate of drug-likeness (QED) is 0.0803. The van der Waals surface area contributed by atoms with Crippen LogP contribution < -0.4 is 5.32 Å². The molecular formula is C48H52ClNO16. The molecular weight excluding hydrogens is 882 g/mol. The molecule has 352 valence electrons. The van der Waals surface area contributed by atoms with Crippen molar-refractivity contribution in [2.75, 3.05) is 6.61 Å². The largest absolute Gasteiger partial charge is 0.469 e. The van der Waals surface area contributed by atoms with Crippen LogP contribution in [-0.2, 0) is 42.9 Å². The molecule has 17 nitrogen and oxygen atoms in total. The minimum Gasteiger partial charge on any atom is -0.469 e. The fourth-order valence-electron chi connectivity index (χ4n) is 10.2. The summed E-state index contributed by atoms with van der Waals surface area (Å²) in [5.41, 5.74) is -8.38. The van der Waals surface area contributed by atoms with Gasteiger partial charge in [-0.2, -0.15) is 0 Å². The van der Waals surface area contributed by atoms with E-state index in [0.717, 1.165) is 13.8 Å². The summed E-state index contributed by atoms with van der Waals surface area (Å²) < 4.78 is 30.3. The third-order valence-electron chi connectivity index (χ3n) is 13.5. The van der Waals surface area contributed by atoms with Crippen molar-refractivity contribution in [2.45, 2.75) is 108 Å². The highest BCUT2D eigenvalue weighted by atomic mass is 35.5. The van der Waals surface area contributed by atoms with E-state index in [2.05, 4.69) is 16.9 Å². The molecule has 0 aromatic heterocycles. The first-order valence-corrected chi connectivity index (χ1v) is 21.5. The molecule has 0 unspecified atom stereocenters. The maximum Gasteiger partial charge on any atom is 0.401 e. The molecule has 3 aromatic rings. The number of rotatable bonds is 10. The Hall–Kier alpha value is -5.98. The smallest absolute Gasteiger partial charge is 0.401 e. The summed E-state index contributed by atoms with van der Waals surface area (Å²) in [5, 5.41) is 47.4. The van der Waals surface area contributed by atoms with Gasteiger partial charge in [-0.1, -0.05) is 80.6 Å². The summed E-state index contributed by atoms with van der Waals surface area (Å²) >= 11 is 4.19. The van der Waals surface area contributed by atoms with E-state index in [9.17, 15) is 39.3 Å². The normalized spacial score (nSPS) is 30.3. The highest BCUT2D eigenvalue weighted by Crippen LogP contribution is 2.64. The first kappa shape index (κ1) is 49.5. The summed E-state index contributed by atoms with van der Waals surface area (Å²) in [6.45, 7) is 7.97. The highest BCUT2D eigenvalue weighted by molar-refractivity contribution is 6.60. The first-order chi connectivity index (χ1) is 31.0. The number of aliphatic hydroxyl groups is 3. The van der Waals surface area contributed by atoms with Gasteiger partial charge in [-0.05, 0) is 54.8 Å². The number of aliphatic hydroxyl groups excluding tert-OH is 2. The van der Waals surface area contributed by atoms with E-state index in [1.165, 1.54) is 26.0 Å². The molecule has 0 spiro atoms. The molecule has 5 N–H and O–H groups in total. The Balaban J connectivity index is 0.00000173. The van der Waals surface area contributed by atoms with Crippen LogP contribution in [0.4, 0.5) is 4.79 Å². The highest BCUT2D eigenvalue weighted by Gasteiger charge is 2.78. The number of ketones is 1. The second-order valence-electron chi connectivity index (χ2n) is 17.6. The second-order valence-corrected chi connectivity index (χ2v) is 17.9. The minimum absolute atomic E-state index is 0.00289. The van der Waals surface area contributed by atoms with E-state index >= 15 is 4.79 Å². The van der Waals surface area contributed by atoms with Gasteiger partial charge >= 0.3 is 29.3 Å². The summed E-state index contributed by atoms with van der Waals surface area (Å²) in [6.07, 6.45) is -10.5. The molecule has 3 fully saturated rings. The number of amides is 1. The number of halogens is 1. The maximum atomic E-state index is 15.5. The van der Waals surface area contributed by atoms with Gasteiger partial charge in [0.05, 0.1) is 35.6 Å². The van der Waals surface area contributed by atoms with Gasteiger partial charge in [-0.15, -0.1) is 0 Å². The Morgan fingerprint density at radius 2 is 1.38 bits per heavy atom. The lowest BCUT2D eigenvalue weighted by atomic mass is 9.44. The van der Waals surface area contributed by atoms with Gasteiger partial charge in [-0.3, -0.25) is 19.2 Å². The Kier molecular flexibility index (Phi) is 14.3. The third-order valence-corrected chi connectivity index (χ3v) is 13.5. The molecule has 1 aliphatic heterocycles. The third kappa shape index (κ3) is 8.97. The number of benzene rings is 3. The van der Waals surface area contributed by atoms with Gasteiger partial charge in [0.15, 0.2) is 23.6 Å². The molecule has 11 atom stereocenters. The number of carbonyl (C=O) groups is 7. The van der Waals surface area contributed by atoms with Crippen LogP contribution in [0.25, 0.3) is 0 Å². The zero-order chi connectivity index (χ0) is 48.5. The fraction of sp³-hybridized carbons (Fsp3) is 0.438. The van der Waals surface area contributed by atoms with Crippen LogP contribution in [0.15, 0.2) is 102 Å². The van der Waals surface area contributed by atoms with Gasteiger partial charge in [0.25, 0.3) is 5.91 Å². The fourth-order valence-corrected chi connectivity index (χ4v) is 10.2. The van der Waals surface area contributed by atoms with Crippen molar-refractivity contribution in [3.05, 3.63) is 119 Å². The van der Waals surface area contributed by atoms with E-state index in [1.807, 2.05) is 0 Å².